The molecule has 0 aliphatic rings. The van der Waals surface area contributed by atoms with E-state index in [-0.39, 0.29) is 0 Å². The summed E-state index contributed by atoms with van der Waals surface area (Å²) in [6, 6.07) is 10.8. The van der Waals surface area contributed by atoms with Gasteiger partial charge in [-0.2, -0.15) is 0 Å². The van der Waals surface area contributed by atoms with E-state index in [0.717, 1.165) is 47.0 Å². The maximum Gasteiger partial charge on any atom is 0.300 e. The molecular formula is C20H26Br2N2O6. The number of benzene rings is 2. The average molecular weight is 550 g/mol. The minimum Gasteiger partial charge on any atom is -0.508 e. The third kappa shape index (κ3) is 14.8. The molecule has 10 heteroatoms. The third-order valence-electron chi connectivity index (χ3n) is 3.19. The van der Waals surface area contributed by atoms with E-state index in [9.17, 15) is 10.2 Å². The van der Waals surface area contributed by atoms with Crippen molar-refractivity contribution in [3.8, 4) is 11.5 Å². The standard InChI is InChI=1S/C16H18Br2N2O2.2C2H4O2/c17-13-1-3-15(21)11(7-13)9-19-5-6-20-10-12-8-14(18)2-4-16(12)22;2*1-2(3)4/h1-4,7-8,19-22H,5-6,9-10H2;2*1H3,(H,3,4). The Bertz CT molecular complexity index is 742. The van der Waals surface area contributed by atoms with Crippen LogP contribution in [0.5, 0.6) is 11.5 Å². The van der Waals surface area contributed by atoms with E-state index in [1.54, 1.807) is 12.1 Å². The summed E-state index contributed by atoms with van der Waals surface area (Å²) in [5, 5.41) is 40.8. The van der Waals surface area contributed by atoms with E-state index >= 15 is 0 Å². The van der Waals surface area contributed by atoms with Gasteiger partial charge in [0.15, 0.2) is 0 Å². The fraction of sp³-hybridized carbons (Fsp3) is 0.300. The minimum absolute atomic E-state index is 0.294. The van der Waals surface area contributed by atoms with Gasteiger partial charge < -0.3 is 31.1 Å². The smallest absolute Gasteiger partial charge is 0.300 e. The molecule has 0 aliphatic heterocycles. The topological polar surface area (TPSA) is 139 Å². The van der Waals surface area contributed by atoms with Gasteiger partial charge in [-0.3, -0.25) is 9.59 Å². The Morgan fingerprint density at radius 3 is 1.37 bits per heavy atom. The van der Waals surface area contributed by atoms with E-state index in [2.05, 4.69) is 42.5 Å². The van der Waals surface area contributed by atoms with Crippen molar-refractivity contribution in [3.63, 3.8) is 0 Å². The zero-order valence-electron chi connectivity index (χ0n) is 16.7. The Hall–Kier alpha value is -2.14. The Balaban J connectivity index is 0.000000901. The first-order chi connectivity index (χ1) is 14.0. The Morgan fingerprint density at radius 2 is 1.07 bits per heavy atom. The van der Waals surface area contributed by atoms with E-state index in [0.29, 0.717) is 24.6 Å². The van der Waals surface area contributed by atoms with Crippen LogP contribution >= 0.6 is 31.9 Å². The predicted octanol–water partition coefficient (Wildman–Crippen LogP) is 3.68. The van der Waals surface area contributed by atoms with Crippen LogP contribution in [0.25, 0.3) is 0 Å². The number of halogens is 2. The molecule has 166 valence electrons. The van der Waals surface area contributed by atoms with Gasteiger partial charge in [0, 0.05) is 60.1 Å². The summed E-state index contributed by atoms with van der Waals surface area (Å²) < 4.78 is 1.90. The number of hydrogen-bond donors (Lipinski definition) is 6. The molecule has 0 amide bonds. The zero-order chi connectivity index (χ0) is 23.1. The molecule has 0 fully saturated rings. The molecule has 0 bridgehead atoms. The monoisotopic (exact) mass is 548 g/mol. The number of aromatic hydroxyl groups is 2. The molecule has 0 saturated heterocycles. The predicted molar refractivity (Wildman–Crippen MR) is 122 cm³/mol. The highest BCUT2D eigenvalue weighted by Crippen LogP contribution is 2.22. The van der Waals surface area contributed by atoms with Crippen molar-refractivity contribution >= 4 is 43.8 Å². The summed E-state index contributed by atoms with van der Waals surface area (Å²) in [6.45, 7) is 4.91. The molecule has 6 N–H and O–H groups in total. The number of rotatable bonds is 7. The van der Waals surface area contributed by atoms with Gasteiger partial charge >= 0.3 is 0 Å². The first kappa shape index (κ1) is 27.9. The maximum atomic E-state index is 9.73. The SMILES string of the molecule is CC(=O)O.CC(=O)O.Oc1ccc(Br)cc1CNCCNCc1cc(Br)ccc1O. The summed E-state index contributed by atoms with van der Waals surface area (Å²) in [7, 11) is 0. The molecule has 30 heavy (non-hydrogen) atoms. The highest BCUT2D eigenvalue weighted by atomic mass is 79.9. The molecular weight excluding hydrogens is 524 g/mol. The summed E-state index contributed by atoms with van der Waals surface area (Å²) in [5.41, 5.74) is 1.72. The molecule has 0 aliphatic carbocycles. The quantitative estimate of drug-likeness (QED) is 0.287. The van der Waals surface area contributed by atoms with Crippen molar-refractivity contribution in [1.82, 2.24) is 10.6 Å². The van der Waals surface area contributed by atoms with Crippen molar-refractivity contribution in [2.45, 2.75) is 26.9 Å². The molecule has 0 aromatic heterocycles. The van der Waals surface area contributed by atoms with Crippen LogP contribution in [0.2, 0.25) is 0 Å². The summed E-state index contributed by atoms with van der Waals surface area (Å²) in [6.07, 6.45) is 0. The van der Waals surface area contributed by atoms with Gasteiger partial charge in [-0.15, -0.1) is 0 Å². The largest absolute Gasteiger partial charge is 0.508 e. The van der Waals surface area contributed by atoms with Crippen LogP contribution in [0.4, 0.5) is 0 Å². The number of carboxylic acids is 2. The van der Waals surface area contributed by atoms with Crippen LogP contribution < -0.4 is 10.6 Å². The van der Waals surface area contributed by atoms with Crippen LogP contribution in [0.15, 0.2) is 45.3 Å². The van der Waals surface area contributed by atoms with Crippen molar-refractivity contribution < 1.29 is 30.0 Å². The van der Waals surface area contributed by atoms with Gasteiger partial charge in [0.25, 0.3) is 11.9 Å². The van der Waals surface area contributed by atoms with Gasteiger partial charge in [-0.25, -0.2) is 0 Å². The fourth-order valence-corrected chi connectivity index (χ4v) is 2.83. The number of nitrogens with one attached hydrogen (secondary N) is 2. The van der Waals surface area contributed by atoms with Gasteiger partial charge in [-0.05, 0) is 36.4 Å². The van der Waals surface area contributed by atoms with E-state index < -0.39 is 11.9 Å². The number of carbonyl (C=O) groups is 2. The van der Waals surface area contributed by atoms with Crippen molar-refractivity contribution in [2.75, 3.05) is 13.1 Å². The lowest BCUT2D eigenvalue weighted by atomic mass is 10.2. The highest BCUT2D eigenvalue weighted by molar-refractivity contribution is 9.10. The Morgan fingerprint density at radius 1 is 0.767 bits per heavy atom. The molecule has 2 rings (SSSR count). The summed E-state index contributed by atoms with van der Waals surface area (Å²) in [5.74, 6) is -1.08. The van der Waals surface area contributed by atoms with Gasteiger partial charge in [-0.1, -0.05) is 31.9 Å². The van der Waals surface area contributed by atoms with E-state index in [1.165, 1.54) is 0 Å². The number of carboxylic acid groups (broad SMARTS) is 2. The number of aliphatic carboxylic acids is 2. The molecule has 0 radical (unpaired) electrons. The van der Waals surface area contributed by atoms with E-state index in [1.807, 2.05) is 24.3 Å². The van der Waals surface area contributed by atoms with Gasteiger partial charge in [0.05, 0.1) is 0 Å². The molecule has 0 spiro atoms. The lowest BCUT2D eigenvalue weighted by molar-refractivity contribution is -0.135. The first-order valence-electron chi connectivity index (χ1n) is 8.78. The maximum absolute atomic E-state index is 9.73. The number of phenols is 2. The van der Waals surface area contributed by atoms with Crippen molar-refractivity contribution in [1.29, 1.82) is 0 Å². The molecule has 0 saturated carbocycles. The molecule has 0 heterocycles. The van der Waals surface area contributed by atoms with Crippen molar-refractivity contribution in [3.05, 3.63) is 56.5 Å². The highest BCUT2D eigenvalue weighted by Gasteiger charge is 2.03. The van der Waals surface area contributed by atoms with Crippen LogP contribution in [0, 0.1) is 0 Å². The number of hydrogen-bond acceptors (Lipinski definition) is 6. The van der Waals surface area contributed by atoms with Crippen LogP contribution in [0.1, 0.15) is 25.0 Å². The zero-order valence-corrected chi connectivity index (χ0v) is 19.8. The second kappa shape index (κ2) is 15.7. The van der Waals surface area contributed by atoms with Crippen molar-refractivity contribution in [2.24, 2.45) is 0 Å². The normalized spacial score (nSPS) is 9.60. The summed E-state index contributed by atoms with van der Waals surface area (Å²) >= 11 is 6.78. The molecule has 2 aromatic carbocycles. The molecule has 0 atom stereocenters. The average Bonchev–Trinajstić information content (AvgIpc) is 2.62. The Kier molecular flexibility index (Phi) is 14.5. The second-order valence-corrected chi connectivity index (χ2v) is 7.77. The van der Waals surface area contributed by atoms with Crippen LogP contribution in [0.3, 0.4) is 0 Å². The van der Waals surface area contributed by atoms with Gasteiger partial charge in [0.2, 0.25) is 0 Å². The molecule has 0 unspecified atom stereocenters. The van der Waals surface area contributed by atoms with Crippen LogP contribution in [-0.4, -0.2) is 45.5 Å². The van der Waals surface area contributed by atoms with Gasteiger partial charge in [0.1, 0.15) is 11.5 Å². The molecule has 8 nitrogen and oxygen atoms in total. The lowest BCUT2D eigenvalue weighted by Gasteiger charge is -2.09. The van der Waals surface area contributed by atoms with E-state index in [4.69, 9.17) is 19.8 Å². The lowest BCUT2D eigenvalue weighted by Crippen LogP contribution is -2.26. The fourth-order valence-electron chi connectivity index (χ4n) is 2.01. The third-order valence-corrected chi connectivity index (χ3v) is 4.18. The minimum atomic E-state index is -0.833. The first-order valence-corrected chi connectivity index (χ1v) is 10.4. The van der Waals surface area contributed by atoms with Crippen LogP contribution in [-0.2, 0) is 22.7 Å². The summed E-state index contributed by atoms with van der Waals surface area (Å²) in [4.78, 5) is 18.0. The second-order valence-electron chi connectivity index (χ2n) is 5.94. The Labute approximate surface area is 192 Å². The molecule has 2 aromatic rings. The number of phenolic OH excluding ortho intramolecular Hbond substituents is 2.